The number of hydrogen-bond donors (Lipinski definition) is 3. The molecular formula is C20H23N3O5S. The van der Waals surface area contributed by atoms with Gasteiger partial charge < -0.3 is 15.7 Å². The number of piperidine rings is 1. The second-order valence-electron chi connectivity index (χ2n) is 6.95. The summed E-state index contributed by atoms with van der Waals surface area (Å²) in [6.07, 6.45) is 1.15. The van der Waals surface area contributed by atoms with Gasteiger partial charge in [0.05, 0.1) is 10.8 Å². The Kier molecular flexibility index (Phi) is 6.19. The Hall–Kier alpha value is -2.91. The third kappa shape index (κ3) is 5.12. The average Bonchev–Trinajstić information content (AvgIpc) is 2.68. The molecule has 2 aromatic rings. The molecule has 154 valence electrons. The van der Waals surface area contributed by atoms with Gasteiger partial charge in [-0.05, 0) is 49.2 Å². The summed E-state index contributed by atoms with van der Waals surface area (Å²) in [4.78, 5) is 23.8. The number of sulfonamides is 1. The van der Waals surface area contributed by atoms with Crippen LogP contribution in [-0.2, 0) is 19.6 Å². The fourth-order valence-electron chi connectivity index (χ4n) is 3.27. The Labute approximate surface area is 169 Å². The third-order valence-corrected chi connectivity index (χ3v) is 6.56. The van der Waals surface area contributed by atoms with Gasteiger partial charge in [-0.15, -0.1) is 0 Å². The minimum atomic E-state index is -3.75. The number of rotatable bonds is 5. The summed E-state index contributed by atoms with van der Waals surface area (Å²) in [5.41, 5.74) is 0.974. The number of anilines is 2. The number of carbonyl (C=O) groups excluding carboxylic acids is 2. The van der Waals surface area contributed by atoms with E-state index in [0.29, 0.717) is 30.8 Å². The standard InChI is InChI=1S/C20H23N3O5S/c1-14(24)21-16-7-9-19(10-8-16)29(27,28)23-11-3-4-15(13-23)20(26)22-17-5-2-6-18(25)12-17/h2,5-10,12,15,25H,3-4,11,13H2,1H3,(H,21,24)(H,22,26)/t15-/m0/s1. The van der Waals surface area contributed by atoms with Gasteiger partial charge in [0, 0.05) is 37.5 Å². The predicted molar refractivity (Wildman–Crippen MR) is 109 cm³/mol. The fourth-order valence-corrected chi connectivity index (χ4v) is 4.79. The van der Waals surface area contributed by atoms with Gasteiger partial charge in [-0.2, -0.15) is 4.31 Å². The molecule has 2 aromatic carbocycles. The molecule has 1 fully saturated rings. The molecule has 0 radical (unpaired) electrons. The first-order valence-electron chi connectivity index (χ1n) is 9.23. The van der Waals surface area contributed by atoms with Gasteiger partial charge in [0.1, 0.15) is 5.75 Å². The molecule has 0 spiro atoms. The Balaban J connectivity index is 1.70. The topological polar surface area (TPSA) is 116 Å². The first kappa shape index (κ1) is 20.8. The lowest BCUT2D eigenvalue weighted by Gasteiger charge is -2.31. The van der Waals surface area contributed by atoms with Gasteiger partial charge in [0.2, 0.25) is 21.8 Å². The maximum absolute atomic E-state index is 13.0. The first-order valence-corrected chi connectivity index (χ1v) is 10.7. The Morgan fingerprint density at radius 2 is 1.79 bits per heavy atom. The zero-order chi connectivity index (χ0) is 21.0. The van der Waals surface area contributed by atoms with Crippen molar-refractivity contribution in [3.63, 3.8) is 0 Å². The largest absolute Gasteiger partial charge is 0.508 e. The van der Waals surface area contributed by atoms with Crippen molar-refractivity contribution in [2.24, 2.45) is 5.92 Å². The molecule has 8 nitrogen and oxygen atoms in total. The summed E-state index contributed by atoms with van der Waals surface area (Å²) in [7, 11) is -3.75. The van der Waals surface area contributed by atoms with Crippen molar-refractivity contribution in [2.75, 3.05) is 23.7 Å². The number of nitrogens with zero attached hydrogens (tertiary/aromatic N) is 1. The van der Waals surface area contributed by atoms with Crippen LogP contribution in [0, 0.1) is 5.92 Å². The van der Waals surface area contributed by atoms with E-state index >= 15 is 0 Å². The number of aromatic hydroxyl groups is 1. The zero-order valence-corrected chi connectivity index (χ0v) is 16.8. The van der Waals surface area contributed by atoms with Crippen molar-refractivity contribution in [3.8, 4) is 5.75 Å². The van der Waals surface area contributed by atoms with Crippen LogP contribution in [0.25, 0.3) is 0 Å². The van der Waals surface area contributed by atoms with Crippen LogP contribution in [0.15, 0.2) is 53.4 Å². The van der Waals surface area contributed by atoms with Gasteiger partial charge >= 0.3 is 0 Å². The smallest absolute Gasteiger partial charge is 0.243 e. The molecule has 1 aliphatic heterocycles. The lowest BCUT2D eigenvalue weighted by atomic mass is 9.98. The normalized spacial score (nSPS) is 17.5. The average molecular weight is 417 g/mol. The molecule has 2 amide bonds. The number of hydrogen-bond acceptors (Lipinski definition) is 5. The van der Waals surface area contributed by atoms with Gasteiger partial charge in [-0.25, -0.2) is 8.42 Å². The van der Waals surface area contributed by atoms with Crippen molar-refractivity contribution in [1.29, 1.82) is 0 Å². The first-order chi connectivity index (χ1) is 13.8. The predicted octanol–water partition coefficient (Wildman–Crippen LogP) is 2.39. The van der Waals surface area contributed by atoms with Gasteiger partial charge in [0.15, 0.2) is 0 Å². The number of phenols is 1. The van der Waals surface area contributed by atoms with Gasteiger partial charge in [0.25, 0.3) is 0 Å². The summed E-state index contributed by atoms with van der Waals surface area (Å²) in [5.74, 6) is -0.966. The molecule has 0 unspecified atom stereocenters. The van der Waals surface area contributed by atoms with E-state index in [4.69, 9.17) is 0 Å². The van der Waals surface area contributed by atoms with E-state index in [1.54, 1.807) is 12.1 Å². The summed E-state index contributed by atoms with van der Waals surface area (Å²) in [6.45, 7) is 1.80. The van der Waals surface area contributed by atoms with Crippen molar-refractivity contribution in [1.82, 2.24) is 4.31 Å². The van der Waals surface area contributed by atoms with E-state index in [2.05, 4.69) is 10.6 Å². The highest BCUT2D eigenvalue weighted by atomic mass is 32.2. The number of nitrogens with one attached hydrogen (secondary N) is 2. The molecule has 9 heteroatoms. The van der Waals surface area contributed by atoms with Crippen molar-refractivity contribution >= 4 is 33.2 Å². The monoisotopic (exact) mass is 417 g/mol. The molecule has 0 aliphatic carbocycles. The minimum absolute atomic E-state index is 0.0401. The molecular weight excluding hydrogens is 394 g/mol. The highest BCUT2D eigenvalue weighted by Gasteiger charge is 2.33. The minimum Gasteiger partial charge on any atom is -0.508 e. The molecule has 1 aliphatic rings. The Morgan fingerprint density at radius 1 is 1.07 bits per heavy atom. The quantitative estimate of drug-likeness (QED) is 0.691. The van der Waals surface area contributed by atoms with Crippen LogP contribution in [0.1, 0.15) is 19.8 Å². The summed E-state index contributed by atoms with van der Waals surface area (Å²) in [6, 6.07) is 12.2. The van der Waals surface area contributed by atoms with E-state index in [1.807, 2.05) is 0 Å². The lowest BCUT2D eigenvalue weighted by Crippen LogP contribution is -2.43. The zero-order valence-electron chi connectivity index (χ0n) is 16.0. The van der Waals surface area contributed by atoms with Crippen LogP contribution in [-0.4, -0.2) is 42.7 Å². The van der Waals surface area contributed by atoms with Crippen molar-refractivity contribution < 1.29 is 23.1 Å². The molecule has 1 heterocycles. The Bertz CT molecular complexity index is 1010. The molecule has 0 bridgehead atoms. The van der Waals surface area contributed by atoms with E-state index in [-0.39, 0.29) is 29.0 Å². The highest BCUT2D eigenvalue weighted by molar-refractivity contribution is 7.89. The van der Waals surface area contributed by atoms with Crippen LogP contribution in [0.5, 0.6) is 5.75 Å². The molecule has 0 aromatic heterocycles. The van der Waals surface area contributed by atoms with Gasteiger partial charge in [-0.1, -0.05) is 6.07 Å². The summed E-state index contributed by atoms with van der Waals surface area (Å²) < 4.78 is 27.2. The fraction of sp³-hybridized carbons (Fsp3) is 0.300. The maximum Gasteiger partial charge on any atom is 0.243 e. The van der Waals surface area contributed by atoms with Crippen LogP contribution < -0.4 is 10.6 Å². The second kappa shape index (κ2) is 8.62. The van der Waals surface area contributed by atoms with Crippen LogP contribution in [0.2, 0.25) is 0 Å². The molecule has 3 N–H and O–H groups in total. The molecule has 1 atom stereocenters. The number of carbonyl (C=O) groups is 2. The molecule has 0 saturated carbocycles. The Morgan fingerprint density at radius 3 is 2.45 bits per heavy atom. The van der Waals surface area contributed by atoms with Crippen molar-refractivity contribution in [3.05, 3.63) is 48.5 Å². The van der Waals surface area contributed by atoms with E-state index < -0.39 is 15.9 Å². The SMILES string of the molecule is CC(=O)Nc1ccc(S(=O)(=O)N2CCC[C@H](C(=O)Nc3cccc(O)c3)C2)cc1. The van der Waals surface area contributed by atoms with Crippen LogP contribution in [0.3, 0.4) is 0 Å². The summed E-state index contributed by atoms with van der Waals surface area (Å²) >= 11 is 0. The van der Waals surface area contributed by atoms with Crippen LogP contribution >= 0.6 is 0 Å². The van der Waals surface area contributed by atoms with E-state index in [0.717, 1.165) is 0 Å². The maximum atomic E-state index is 13.0. The van der Waals surface area contributed by atoms with Crippen molar-refractivity contribution in [2.45, 2.75) is 24.7 Å². The van der Waals surface area contributed by atoms with E-state index in [1.165, 1.54) is 47.6 Å². The number of phenolic OH excluding ortho intramolecular Hbond substituents is 1. The van der Waals surface area contributed by atoms with E-state index in [9.17, 15) is 23.1 Å². The number of amides is 2. The number of benzene rings is 2. The molecule has 3 rings (SSSR count). The lowest BCUT2D eigenvalue weighted by molar-refractivity contribution is -0.121. The van der Waals surface area contributed by atoms with Gasteiger partial charge in [-0.3, -0.25) is 9.59 Å². The van der Waals surface area contributed by atoms with Crippen LogP contribution in [0.4, 0.5) is 11.4 Å². The molecule has 1 saturated heterocycles. The second-order valence-corrected chi connectivity index (χ2v) is 8.89. The highest BCUT2D eigenvalue weighted by Crippen LogP contribution is 2.26. The third-order valence-electron chi connectivity index (χ3n) is 4.68. The summed E-state index contributed by atoms with van der Waals surface area (Å²) in [5, 5.41) is 14.8. The molecule has 29 heavy (non-hydrogen) atoms.